The third-order valence-corrected chi connectivity index (χ3v) is 4.11. The second-order valence-electron chi connectivity index (χ2n) is 3.64. The van der Waals surface area contributed by atoms with Crippen molar-refractivity contribution in [2.24, 2.45) is 0 Å². The summed E-state index contributed by atoms with van der Waals surface area (Å²) in [5.41, 5.74) is 1.07. The molecular weight excluding hydrogens is 244 g/mol. The number of carbonyl (C=O) groups excluding carboxylic acids is 1. The number of carbonyl (C=O) groups is 1. The molecule has 0 aromatic carbocycles. The molecule has 1 saturated heterocycles. The van der Waals surface area contributed by atoms with E-state index in [1.54, 1.807) is 18.0 Å². The lowest BCUT2D eigenvalue weighted by Crippen LogP contribution is -2.31. The van der Waals surface area contributed by atoms with E-state index in [-0.39, 0.29) is 16.5 Å². The molecule has 5 heteroatoms. The Labute approximate surface area is 104 Å². The Hall–Kier alpha value is -0.740. The Morgan fingerprint density at radius 1 is 1.62 bits per heavy atom. The van der Waals surface area contributed by atoms with Gasteiger partial charge in [-0.2, -0.15) is 0 Å². The highest BCUT2D eigenvalue weighted by Gasteiger charge is 2.37. The van der Waals surface area contributed by atoms with Crippen LogP contribution in [0, 0.1) is 0 Å². The number of thioether (sulfide) groups is 1. The van der Waals surface area contributed by atoms with Crippen molar-refractivity contribution in [1.29, 1.82) is 0 Å². The molecule has 1 fully saturated rings. The first-order valence-corrected chi connectivity index (χ1v) is 6.63. The van der Waals surface area contributed by atoms with Crippen molar-refractivity contribution < 1.29 is 4.79 Å². The fourth-order valence-electron chi connectivity index (χ4n) is 1.77. The molecule has 0 spiro atoms. The summed E-state index contributed by atoms with van der Waals surface area (Å²) in [6.07, 6.45) is 3.55. The monoisotopic (exact) mass is 256 g/mol. The topological polar surface area (TPSA) is 33.2 Å². The standard InChI is InChI=1S/C11H13ClN2OS/c1-8-10(15)14(6-4-12)11(16-8)9-3-2-5-13-7-9/h2-3,5,7-8,11H,4,6H2,1H3. The zero-order valence-electron chi connectivity index (χ0n) is 8.97. The van der Waals surface area contributed by atoms with Crippen LogP contribution in [-0.4, -0.2) is 33.5 Å². The number of amides is 1. The molecule has 0 N–H and O–H groups in total. The summed E-state index contributed by atoms with van der Waals surface area (Å²) in [5, 5.41) is 0.0726. The molecule has 16 heavy (non-hydrogen) atoms. The lowest BCUT2D eigenvalue weighted by atomic mass is 10.2. The van der Waals surface area contributed by atoms with Crippen molar-refractivity contribution in [2.75, 3.05) is 12.4 Å². The van der Waals surface area contributed by atoms with Crippen LogP contribution >= 0.6 is 23.4 Å². The minimum absolute atomic E-state index is 0.00780. The number of hydrogen-bond acceptors (Lipinski definition) is 3. The lowest BCUT2D eigenvalue weighted by Gasteiger charge is -2.22. The number of aromatic nitrogens is 1. The van der Waals surface area contributed by atoms with Crippen molar-refractivity contribution in [3.8, 4) is 0 Å². The summed E-state index contributed by atoms with van der Waals surface area (Å²) in [5.74, 6) is 0.634. The Kier molecular flexibility index (Phi) is 3.71. The average molecular weight is 257 g/mol. The van der Waals surface area contributed by atoms with Gasteiger partial charge >= 0.3 is 0 Å². The van der Waals surface area contributed by atoms with E-state index in [0.717, 1.165) is 5.56 Å². The van der Waals surface area contributed by atoms with Crippen LogP contribution in [0.2, 0.25) is 0 Å². The van der Waals surface area contributed by atoms with Crippen molar-refractivity contribution in [3.63, 3.8) is 0 Å². The van der Waals surface area contributed by atoms with Crippen molar-refractivity contribution in [1.82, 2.24) is 9.88 Å². The van der Waals surface area contributed by atoms with Crippen LogP contribution in [0.3, 0.4) is 0 Å². The van der Waals surface area contributed by atoms with Gasteiger partial charge < -0.3 is 4.90 Å². The minimum Gasteiger partial charge on any atom is -0.324 e. The molecule has 0 saturated carbocycles. The SMILES string of the molecule is CC1SC(c2cccnc2)N(CCCl)C1=O. The fraction of sp³-hybridized carbons (Fsp3) is 0.455. The second kappa shape index (κ2) is 5.06. The van der Waals surface area contributed by atoms with Crippen LogP contribution in [0.1, 0.15) is 17.9 Å². The highest BCUT2D eigenvalue weighted by molar-refractivity contribution is 8.01. The molecule has 1 aromatic rings. The lowest BCUT2D eigenvalue weighted by molar-refractivity contribution is -0.129. The van der Waals surface area contributed by atoms with Gasteiger partial charge in [0.1, 0.15) is 5.37 Å². The van der Waals surface area contributed by atoms with Crippen molar-refractivity contribution in [2.45, 2.75) is 17.5 Å². The van der Waals surface area contributed by atoms with Crippen LogP contribution < -0.4 is 0 Å². The molecule has 2 atom stereocenters. The van der Waals surface area contributed by atoms with E-state index in [9.17, 15) is 4.79 Å². The van der Waals surface area contributed by atoms with E-state index in [4.69, 9.17) is 11.6 Å². The Balaban J connectivity index is 2.23. The molecule has 2 unspecified atom stereocenters. The predicted octanol–water partition coefficient (Wildman–Crippen LogP) is 2.28. The molecule has 3 nitrogen and oxygen atoms in total. The fourth-order valence-corrected chi connectivity index (χ4v) is 3.25. The molecule has 1 aromatic heterocycles. The first-order chi connectivity index (χ1) is 7.74. The molecule has 1 amide bonds. The molecule has 1 aliphatic rings. The van der Waals surface area contributed by atoms with E-state index in [2.05, 4.69) is 4.98 Å². The van der Waals surface area contributed by atoms with Crippen LogP contribution in [0.15, 0.2) is 24.5 Å². The predicted molar refractivity (Wildman–Crippen MR) is 66.5 cm³/mol. The van der Waals surface area contributed by atoms with Gasteiger partial charge in [0.15, 0.2) is 0 Å². The van der Waals surface area contributed by atoms with Gasteiger partial charge in [-0.15, -0.1) is 23.4 Å². The summed E-state index contributed by atoms with van der Waals surface area (Å²) >= 11 is 7.38. The minimum atomic E-state index is 0.00780. The van der Waals surface area contributed by atoms with Crippen LogP contribution in [0.5, 0.6) is 0 Å². The third kappa shape index (κ3) is 2.18. The summed E-state index contributed by atoms with van der Waals surface area (Å²) in [6, 6.07) is 3.89. The molecule has 0 aliphatic carbocycles. The smallest absolute Gasteiger partial charge is 0.236 e. The van der Waals surface area contributed by atoms with Gasteiger partial charge in [0.25, 0.3) is 0 Å². The van der Waals surface area contributed by atoms with E-state index in [1.165, 1.54) is 0 Å². The largest absolute Gasteiger partial charge is 0.324 e. The maximum absolute atomic E-state index is 11.9. The number of nitrogens with zero attached hydrogens (tertiary/aromatic N) is 2. The van der Waals surface area contributed by atoms with Crippen LogP contribution in [-0.2, 0) is 4.79 Å². The van der Waals surface area contributed by atoms with Crippen molar-refractivity contribution in [3.05, 3.63) is 30.1 Å². The highest BCUT2D eigenvalue weighted by atomic mass is 35.5. The summed E-state index contributed by atoms with van der Waals surface area (Å²) in [7, 11) is 0. The zero-order valence-corrected chi connectivity index (χ0v) is 10.5. The molecule has 86 valence electrons. The van der Waals surface area contributed by atoms with E-state index in [0.29, 0.717) is 12.4 Å². The third-order valence-electron chi connectivity index (χ3n) is 2.54. The number of halogens is 1. The van der Waals surface area contributed by atoms with E-state index >= 15 is 0 Å². The highest BCUT2D eigenvalue weighted by Crippen LogP contribution is 2.42. The van der Waals surface area contributed by atoms with Crippen LogP contribution in [0.4, 0.5) is 0 Å². The van der Waals surface area contributed by atoms with Crippen molar-refractivity contribution >= 4 is 29.3 Å². The molecule has 2 heterocycles. The first kappa shape index (κ1) is 11.7. The maximum atomic E-state index is 11.9. The molecule has 1 aliphatic heterocycles. The van der Waals surface area contributed by atoms with Gasteiger partial charge in [-0.25, -0.2) is 0 Å². The van der Waals surface area contributed by atoms with E-state index in [1.807, 2.05) is 30.2 Å². The Morgan fingerprint density at radius 2 is 2.44 bits per heavy atom. The van der Waals surface area contributed by atoms with Crippen LogP contribution in [0.25, 0.3) is 0 Å². The summed E-state index contributed by atoms with van der Waals surface area (Å²) < 4.78 is 0. The average Bonchev–Trinajstić information content (AvgIpc) is 2.59. The Bertz CT molecular complexity index is 374. The number of pyridine rings is 1. The second-order valence-corrected chi connectivity index (χ2v) is 5.44. The number of rotatable bonds is 3. The first-order valence-electron chi connectivity index (χ1n) is 5.16. The summed E-state index contributed by atoms with van der Waals surface area (Å²) in [6.45, 7) is 2.53. The van der Waals surface area contributed by atoms with Gasteiger partial charge in [-0.05, 0) is 13.0 Å². The number of hydrogen-bond donors (Lipinski definition) is 0. The quantitative estimate of drug-likeness (QED) is 0.778. The molecule has 2 rings (SSSR count). The van der Waals surface area contributed by atoms with Gasteiger partial charge in [0.05, 0.1) is 5.25 Å². The molecular formula is C11H13ClN2OS. The van der Waals surface area contributed by atoms with Gasteiger partial charge in [-0.1, -0.05) is 6.07 Å². The molecule has 0 radical (unpaired) electrons. The zero-order chi connectivity index (χ0) is 11.5. The van der Waals surface area contributed by atoms with Gasteiger partial charge in [0, 0.05) is 30.4 Å². The summed E-state index contributed by atoms with van der Waals surface area (Å²) in [4.78, 5) is 17.8. The van der Waals surface area contributed by atoms with E-state index < -0.39 is 0 Å². The van der Waals surface area contributed by atoms with Gasteiger partial charge in [0.2, 0.25) is 5.91 Å². The normalized spacial score (nSPS) is 25.1. The molecule has 0 bridgehead atoms. The van der Waals surface area contributed by atoms with Gasteiger partial charge in [-0.3, -0.25) is 9.78 Å². The Morgan fingerprint density at radius 3 is 3.06 bits per heavy atom. The number of alkyl halides is 1. The maximum Gasteiger partial charge on any atom is 0.236 e.